The highest BCUT2D eigenvalue weighted by molar-refractivity contribution is 5.84. The standard InChI is InChI=1S/C14H24O2/c1-3-4-10-14(2,16)11-6-8-12-7-5-9-13(12)15/h6,8,12,16H,3-5,7,9-11H2,1-2H3/b8-6+. The van der Waals surface area contributed by atoms with Crippen LogP contribution < -0.4 is 0 Å². The molecule has 2 unspecified atom stereocenters. The van der Waals surface area contributed by atoms with E-state index in [0.717, 1.165) is 38.5 Å². The van der Waals surface area contributed by atoms with E-state index in [1.165, 1.54) is 0 Å². The van der Waals surface area contributed by atoms with Gasteiger partial charge < -0.3 is 5.11 Å². The zero-order chi connectivity index (χ0) is 12.0. The Hall–Kier alpha value is -0.630. The molecule has 2 heteroatoms. The third kappa shape index (κ3) is 4.48. The van der Waals surface area contributed by atoms with Crippen LogP contribution in [0.5, 0.6) is 0 Å². The van der Waals surface area contributed by atoms with Crippen LogP contribution in [0.3, 0.4) is 0 Å². The molecule has 2 nitrogen and oxygen atoms in total. The number of aliphatic hydroxyl groups is 1. The molecule has 1 aliphatic carbocycles. The number of allylic oxidation sites excluding steroid dienone is 1. The van der Waals surface area contributed by atoms with Gasteiger partial charge in [-0.1, -0.05) is 31.9 Å². The summed E-state index contributed by atoms with van der Waals surface area (Å²) >= 11 is 0. The lowest BCUT2D eigenvalue weighted by Crippen LogP contribution is -2.22. The van der Waals surface area contributed by atoms with E-state index in [9.17, 15) is 9.90 Å². The first-order valence-corrected chi connectivity index (χ1v) is 6.47. The van der Waals surface area contributed by atoms with E-state index in [0.29, 0.717) is 12.2 Å². The molecule has 16 heavy (non-hydrogen) atoms. The van der Waals surface area contributed by atoms with E-state index in [2.05, 4.69) is 6.92 Å². The molecule has 1 rings (SSSR count). The minimum absolute atomic E-state index is 0.127. The summed E-state index contributed by atoms with van der Waals surface area (Å²) in [7, 11) is 0. The largest absolute Gasteiger partial charge is 0.390 e. The normalized spacial score (nSPS) is 25.2. The van der Waals surface area contributed by atoms with Crippen LogP contribution in [0.2, 0.25) is 0 Å². The molecule has 2 atom stereocenters. The first kappa shape index (κ1) is 13.4. The van der Waals surface area contributed by atoms with E-state index < -0.39 is 5.60 Å². The monoisotopic (exact) mass is 224 g/mol. The minimum Gasteiger partial charge on any atom is -0.390 e. The van der Waals surface area contributed by atoms with E-state index in [4.69, 9.17) is 0 Å². The van der Waals surface area contributed by atoms with Gasteiger partial charge in [0.25, 0.3) is 0 Å². The fourth-order valence-electron chi connectivity index (χ4n) is 2.19. The van der Waals surface area contributed by atoms with Gasteiger partial charge in [0.15, 0.2) is 0 Å². The highest BCUT2D eigenvalue weighted by Crippen LogP contribution is 2.24. The van der Waals surface area contributed by atoms with E-state index in [-0.39, 0.29) is 5.92 Å². The van der Waals surface area contributed by atoms with Gasteiger partial charge in [0.2, 0.25) is 0 Å². The average molecular weight is 224 g/mol. The summed E-state index contributed by atoms with van der Waals surface area (Å²) in [6, 6.07) is 0. The van der Waals surface area contributed by atoms with Crippen LogP contribution in [0.15, 0.2) is 12.2 Å². The van der Waals surface area contributed by atoms with Gasteiger partial charge in [-0.15, -0.1) is 0 Å². The molecule has 0 aromatic carbocycles. The van der Waals surface area contributed by atoms with Crippen LogP contribution in [-0.2, 0) is 4.79 Å². The Morgan fingerprint density at radius 2 is 2.31 bits per heavy atom. The van der Waals surface area contributed by atoms with Crippen LogP contribution in [0, 0.1) is 5.92 Å². The Kier molecular flexibility index (Phi) is 5.20. The van der Waals surface area contributed by atoms with Crippen molar-refractivity contribution in [3.63, 3.8) is 0 Å². The van der Waals surface area contributed by atoms with Gasteiger partial charge >= 0.3 is 0 Å². The van der Waals surface area contributed by atoms with Crippen molar-refractivity contribution in [3.8, 4) is 0 Å². The van der Waals surface area contributed by atoms with Gasteiger partial charge in [0.05, 0.1) is 5.60 Å². The van der Waals surface area contributed by atoms with Crippen molar-refractivity contribution >= 4 is 5.78 Å². The first-order chi connectivity index (χ1) is 7.55. The van der Waals surface area contributed by atoms with E-state index >= 15 is 0 Å². The minimum atomic E-state index is -0.603. The maximum atomic E-state index is 11.4. The molecule has 0 aromatic heterocycles. The predicted octanol–water partition coefficient (Wildman–Crippen LogP) is 3.24. The highest BCUT2D eigenvalue weighted by atomic mass is 16.3. The van der Waals surface area contributed by atoms with Gasteiger partial charge in [-0.2, -0.15) is 0 Å². The molecule has 0 bridgehead atoms. The molecule has 0 aliphatic heterocycles. The van der Waals surface area contributed by atoms with Gasteiger partial charge in [-0.3, -0.25) is 4.79 Å². The number of hydrogen-bond donors (Lipinski definition) is 1. The van der Waals surface area contributed by atoms with E-state index in [1.807, 2.05) is 19.1 Å². The number of carbonyl (C=O) groups is 1. The summed E-state index contributed by atoms with van der Waals surface area (Å²) in [6.45, 7) is 4.01. The second kappa shape index (κ2) is 6.19. The Labute approximate surface area is 98.7 Å². The summed E-state index contributed by atoms with van der Waals surface area (Å²) in [4.78, 5) is 11.4. The number of Topliss-reactive ketones (excluding diaryl/α,β-unsaturated/α-hetero) is 1. The summed E-state index contributed by atoms with van der Waals surface area (Å²) in [6.07, 6.45) is 10.4. The van der Waals surface area contributed by atoms with Gasteiger partial charge in [-0.25, -0.2) is 0 Å². The van der Waals surface area contributed by atoms with Crippen molar-refractivity contribution in [1.29, 1.82) is 0 Å². The zero-order valence-electron chi connectivity index (χ0n) is 10.5. The lowest BCUT2D eigenvalue weighted by Gasteiger charge is -2.21. The van der Waals surface area contributed by atoms with Crippen molar-refractivity contribution in [1.82, 2.24) is 0 Å². The summed E-state index contributed by atoms with van der Waals surface area (Å²) < 4.78 is 0. The second-order valence-electron chi connectivity index (χ2n) is 5.20. The summed E-state index contributed by atoms with van der Waals surface area (Å²) in [5.41, 5.74) is -0.603. The maximum Gasteiger partial charge on any atom is 0.139 e. The predicted molar refractivity (Wildman–Crippen MR) is 66.3 cm³/mol. The number of rotatable bonds is 6. The third-order valence-electron chi connectivity index (χ3n) is 3.35. The van der Waals surface area contributed by atoms with Gasteiger partial charge in [0.1, 0.15) is 5.78 Å². The fourth-order valence-corrected chi connectivity index (χ4v) is 2.19. The van der Waals surface area contributed by atoms with Crippen LogP contribution in [0.4, 0.5) is 0 Å². The Bertz CT molecular complexity index is 253. The molecule has 0 aromatic rings. The van der Waals surface area contributed by atoms with Crippen molar-refractivity contribution in [2.75, 3.05) is 0 Å². The van der Waals surface area contributed by atoms with Crippen molar-refractivity contribution in [2.45, 2.75) is 64.4 Å². The van der Waals surface area contributed by atoms with Crippen molar-refractivity contribution < 1.29 is 9.90 Å². The third-order valence-corrected chi connectivity index (χ3v) is 3.35. The maximum absolute atomic E-state index is 11.4. The number of unbranched alkanes of at least 4 members (excludes halogenated alkanes) is 1. The Morgan fingerprint density at radius 1 is 1.56 bits per heavy atom. The quantitative estimate of drug-likeness (QED) is 0.703. The van der Waals surface area contributed by atoms with Crippen LogP contribution in [-0.4, -0.2) is 16.5 Å². The SMILES string of the molecule is CCCCC(C)(O)C/C=C/C1CCCC1=O. The van der Waals surface area contributed by atoms with Gasteiger partial charge in [0, 0.05) is 12.3 Å². The molecular formula is C14H24O2. The molecule has 1 N–H and O–H groups in total. The molecular weight excluding hydrogens is 200 g/mol. The average Bonchev–Trinajstić information content (AvgIpc) is 2.62. The van der Waals surface area contributed by atoms with Crippen molar-refractivity contribution in [3.05, 3.63) is 12.2 Å². The first-order valence-electron chi connectivity index (χ1n) is 6.47. The lowest BCUT2D eigenvalue weighted by atomic mass is 9.94. The number of hydrogen-bond acceptors (Lipinski definition) is 2. The van der Waals surface area contributed by atoms with Crippen LogP contribution in [0.25, 0.3) is 0 Å². The Balaban J connectivity index is 2.32. The molecule has 0 saturated heterocycles. The topological polar surface area (TPSA) is 37.3 Å². The number of ketones is 1. The van der Waals surface area contributed by atoms with Crippen LogP contribution in [0.1, 0.15) is 58.8 Å². The molecule has 0 heterocycles. The lowest BCUT2D eigenvalue weighted by molar-refractivity contribution is -0.119. The zero-order valence-corrected chi connectivity index (χ0v) is 10.5. The van der Waals surface area contributed by atoms with Crippen LogP contribution >= 0.6 is 0 Å². The van der Waals surface area contributed by atoms with Gasteiger partial charge in [-0.05, 0) is 32.6 Å². The second-order valence-corrected chi connectivity index (χ2v) is 5.20. The highest BCUT2D eigenvalue weighted by Gasteiger charge is 2.22. The van der Waals surface area contributed by atoms with E-state index in [1.54, 1.807) is 0 Å². The molecule has 0 amide bonds. The molecule has 1 fully saturated rings. The molecule has 92 valence electrons. The molecule has 0 radical (unpaired) electrons. The number of carbonyl (C=O) groups excluding carboxylic acids is 1. The summed E-state index contributed by atoms with van der Waals surface area (Å²) in [5, 5.41) is 10.0. The van der Waals surface area contributed by atoms with Crippen molar-refractivity contribution in [2.24, 2.45) is 5.92 Å². The molecule has 0 spiro atoms. The smallest absolute Gasteiger partial charge is 0.139 e. The summed E-state index contributed by atoms with van der Waals surface area (Å²) in [5.74, 6) is 0.492. The fraction of sp³-hybridized carbons (Fsp3) is 0.786. The molecule has 1 saturated carbocycles. The molecule has 1 aliphatic rings. The Morgan fingerprint density at radius 3 is 2.88 bits per heavy atom.